The van der Waals surface area contributed by atoms with Crippen LogP contribution in [-0.4, -0.2) is 37.3 Å². The molecular weight excluding hydrogens is 374 g/mol. The zero-order chi connectivity index (χ0) is 20.5. The third-order valence-electron chi connectivity index (χ3n) is 4.80. The Kier molecular flexibility index (Phi) is 4.67. The molecule has 148 valence electrons. The summed E-state index contributed by atoms with van der Waals surface area (Å²) in [6.07, 6.45) is 0.406. The van der Waals surface area contributed by atoms with Crippen LogP contribution in [0.25, 0.3) is 11.0 Å². The van der Waals surface area contributed by atoms with Crippen molar-refractivity contribution in [3.05, 3.63) is 59.4 Å². The van der Waals surface area contributed by atoms with Crippen molar-refractivity contribution in [3.8, 4) is 5.75 Å². The summed E-state index contributed by atoms with van der Waals surface area (Å²) in [7, 11) is 1.39. The lowest BCUT2D eigenvalue weighted by molar-refractivity contribution is -0.139. The van der Waals surface area contributed by atoms with Crippen molar-refractivity contribution >= 4 is 34.2 Å². The number of furan rings is 1. The Morgan fingerprint density at radius 2 is 2.07 bits per heavy atom. The summed E-state index contributed by atoms with van der Waals surface area (Å²) in [4.78, 5) is 24.4. The first-order valence-electron chi connectivity index (χ1n) is 9.01. The number of anilines is 1. The molecule has 8 heteroatoms. The van der Waals surface area contributed by atoms with E-state index in [0.717, 1.165) is 5.39 Å². The number of carbonyl (C=O) groups is 2. The molecule has 0 bridgehead atoms. The minimum absolute atomic E-state index is 0.00882. The van der Waals surface area contributed by atoms with Crippen molar-refractivity contribution in [1.29, 1.82) is 5.41 Å². The second-order valence-corrected chi connectivity index (χ2v) is 6.62. The molecule has 1 aliphatic heterocycles. The molecule has 0 aliphatic carbocycles. The first kappa shape index (κ1) is 18.5. The second kappa shape index (κ2) is 7.31. The summed E-state index contributed by atoms with van der Waals surface area (Å²) in [6.45, 7) is 0.268. The molecule has 3 aromatic rings. The largest absolute Gasteiger partial charge is 0.495 e. The molecule has 4 N–H and O–H groups in total. The number of cyclic esters (lactones) is 1. The standard InChI is InChI=1S/C21H19N3O5/c1-27-19-12(20(25)24-14-8-9-28-21(14)26)6-7-13(22)17(19)18(23)16-10-11-4-2-3-5-15(11)29-16/h2-7,10,14,23H,8-9,22H2,1H3,(H,24,25)/t14-/m1/s1. The Labute approximate surface area is 166 Å². The van der Waals surface area contributed by atoms with Gasteiger partial charge in [0.05, 0.1) is 24.8 Å². The summed E-state index contributed by atoms with van der Waals surface area (Å²) in [5.74, 6) is -0.542. The molecular formula is C21H19N3O5. The maximum absolute atomic E-state index is 12.8. The number of esters is 1. The lowest BCUT2D eigenvalue weighted by atomic mass is 10.00. The highest BCUT2D eigenvalue weighted by Crippen LogP contribution is 2.33. The van der Waals surface area contributed by atoms with Crippen molar-refractivity contribution < 1.29 is 23.5 Å². The summed E-state index contributed by atoms with van der Waals surface area (Å²) in [5, 5.41) is 12.1. The second-order valence-electron chi connectivity index (χ2n) is 6.62. The van der Waals surface area contributed by atoms with Gasteiger partial charge in [0.1, 0.15) is 23.1 Å². The lowest BCUT2D eigenvalue weighted by Crippen LogP contribution is -2.38. The number of rotatable bonds is 5. The highest BCUT2D eigenvalue weighted by molar-refractivity contribution is 6.17. The van der Waals surface area contributed by atoms with Crippen LogP contribution in [0.4, 0.5) is 5.69 Å². The van der Waals surface area contributed by atoms with Crippen LogP contribution in [0.15, 0.2) is 46.9 Å². The SMILES string of the molecule is COc1c(C(=O)N[C@@H]2CCOC2=O)ccc(N)c1C(=N)c1cc2ccccc2o1. The van der Waals surface area contributed by atoms with Crippen LogP contribution in [0.5, 0.6) is 5.75 Å². The van der Waals surface area contributed by atoms with E-state index in [2.05, 4.69) is 5.32 Å². The van der Waals surface area contributed by atoms with Gasteiger partial charge in [0.15, 0.2) is 5.76 Å². The first-order chi connectivity index (χ1) is 14.0. The quantitative estimate of drug-likeness (QED) is 0.347. The summed E-state index contributed by atoms with van der Waals surface area (Å²) >= 11 is 0. The van der Waals surface area contributed by atoms with Gasteiger partial charge in [-0.25, -0.2) is 4.79 Å². The third kappa shape index (κ3) is 3.29. The smallest absolute Gasteiger partial charge is 0.328 e. The van der Waals surface area contributed by atoms with Gasteiger partial charge in [0.2, 0.25) is 0 Å². The Morgan fingerprint density at radius 3 is 2.76 bits per heavy atom. The highest BCUT2D eigenvalue weighted by Gasteiger charge is 2.30. The van der Waals surface area contributed by atoms with Crippen LogP contribution >= 0.6 is 0 Å². The maximum atomic E-state index is 12.8. The van der Waals surface area contributed by atoms with E-state index in [9.17, 15) is 9.59 Å². The van der Waals surface area contributed by atoms with E-state index in [1.807, 2.05) is 18.2 Å². The predicted octanol–water partition coefficient (Wildman–Crippen LogP) is 2.49. The number of carbonyl (C=O) groups excluding carboxylic acids is 2. The summed E-state index contributed by atoms with van der Waals surface area (Å²) in [6, 6.07) is 11.4. The number of nitrogens with two attached hydrogens (primary N) is 1. The molecule has 4 rings (SSSR count). The van der Waals surface area contributed by atoms with Gasteiger partial charge < -0.3 is 24.9 Å². The van der Waals surface area contributed by atoms with E-state index in [1.165, 1.54) is 19.2 Å². The fraction of sp³-hybridized carbons (Fsp3) is 0.190. The van der Waals surface area contributed by atoms with Gasteiger partial charge in [-0.05, 0) is 24.3 Å². The van der Waals surface area contributed by atoms with Crippen LogP contribution in [0.3, 0.4) is 0 Å². The van der Waals surface area contributed by atoms with Gasteiger partial charge in [-0.3, -0.25) is 10.2 Å². The first-order valence-corrected chi connectivity index (χ1v) is 9.01. The average molecular weight is 393 g/mol. The van der Waals surface area contributed by atoms with E-state index in [-0.39, 0.29) is 34.9 Å². The lowest BCUT2D eigenvalue weighted by Gasteiger charge is -2.16. The molecule has 29 heavy (non-hydrogen) atoms. The van der Waals surface area contributed by atoms with Gasteiger partial charge in [-0.15, -0.1) is 0 Å². The maximum Gasteiger partial charge on any atom is 0.328 e. The number of methoxy groups -OCH3 is 1. The number of para-hydroxylation sites is 1. The highest BCUT2D eigenvalue weighted by atomic mass is 16.5. The van der Waals surface area contributed by atoms with Crippen molar-refractivity contribution in [1.82, 2.24) is 5.32 Å². The molecule has 1 aliphatic rings. The number of hydrogen-bond acceptors (Lipinski definition) is 7. The van der Waals surface area contributed by atoms with Gasteiger partial charge in [-0.1, -0.05) is 18.2 Å². The third-order valence-corrected chi connectivity index (χ3v) is 4.80. The van der Waals surface area contributed by atoms with E-state index < -0.39 is 17.9 Å². The average Bonchev–Trinajstić information content (AvgIpc) is 3.33. The van der Waals surface area contributed by atoms with Crippen LogP contribution in [0.1, 0.15) is 28.1 Å². The van der Waals surface area contributed by atoms with Crippen LogP contribution < -0.4 is 15.8 Å². The van der Waals surface area contributed by atoms with Crippen LogP contribution in [0, 0.1) is 5.41 Å². The molecule has 1 atom stereocenters. The number of nitrogens with one attached hydrogen (secondary N) is 2. The van der Waals surface area contributed by atoms with E-state index >= 15 is 0 Å². The molecule has 2 heterocycles. The van der Waals surface area contributed by atoms with Crippen LogP contribution in [-0.2, 0) is 9.53 Å². The molecule has 1 saturated heterocycles. The predicted molar refractivity (Wildman–Crippen MR) is 106 cm³/mol. The van der Waals surface area contributed by atoms with Crippen molar-refractivity contribution in [2.45, 2.75) is 12.5 Å². The molecule has 0 radical (unpaired) electrons. The summed E-state index contributed by atoms with van der Waals surface area (Å²) in [5.41, 5.74) is 7.42. The zero-order valence-electron chi connectivity index (χ0n) is 15.7. The minimum Gasteiger partial charge on any atom is -0.495 e. The number of nitrogen functional groups attached to an aromatic ring is 1. The Hall–Kier alpha value is -3.81. The Morgan fingerprint density at radius 1 is 1.28 bits per heavy atom. The number of ether oxygens (including phenoxy) is 2. The van der Waals surface area contributed by atoms with E-state index in [4.69, 9.17) is 25.0 Å². The normalized spacial score (nSPS) is 15.9. The topological polar surface area (TPSA) is 128 Å². The van der Waals surface area contributed by atoms with Gasteiger partial charge in [-0.2, -0.15) is 0 Å². The molecule has 8 nitrogen and oxygen atoms in total. The molecule has 1 amide bonds. The number of benzene rings is 2. The molecule has 0 unspecified atom stereocenters. The number of amides is 1. The Balaban J connectivity index is 1.72. The van der Waals surface area contributed by atoms with Gasteiger partial charge in [0.25, 0.3) is 5.91 Å². The monoisotopic (exact) mass is 393 g/mol. The van der Waals surface area contributed by atoms with Crippen molar-refractivity contribution in [3.63, 3.8) is 0 Å². The van der Waals surface area contributed by atoms with Crippen LogP contribution in [0.2, 0.25) is 0 Å². The zero-order valence-corrected chi connectivity index (χ0v) is 15.7. The van der Waals surface area contributed by atoms with E-state index in [1.54, 1.807) is 12.1 Å². The number of hydrogen-bond donors (Lipinski definition) is 3. The Bertz CT molecular complexity index is 1100. The molecule has 1 fully saturated rings. The van der Waals surface area contributed by atoms with Gasteiger partial charge >= 0.3 is 5.97 Å². The summed E-state index contributed by atoms with van der Waals surface area (Å²) < 4.78 is 16.1. The fourth-order valence-corrected chi connectivity index (χ4v) is 3.34. The molecule has 2 aromatic carbocycles. The van der Waals surface area contributed by atoms with Gasteiger partial charge in [0, 0.05) is 17.5 Å². The van der Waals surface area contributed by atoms with Crippen molar-refractivity contribution in [2.24, 2.45) is 0 Å². The molecule has 1 aromatic heterocycles. The number of fused-ring (bicyclic) bond motifs is 1. The van der Waals surface area contributed by atoms with E-state index in [0.29, 0.717) is 17.8 Å². The molecule has 0 spiro atoms. The van der Waals surface area contributed by atoms with Crippen molar-refractivity contribution in [2.75, 3.05) is 19.5 Å². The minimum atomic E-state index is -0.706. The molecule has 0 saturated carbocycles. The fourth-order valence-electron chi connectivity index (χ4n) is 3.34.